The van der Waals surface area contributed by atoms with Crippen LogP contribution < -0.4 is 14.8 Å². The van der Waals surface area contributed by atoms with E-state index in [4.69, 9.17) is 9.47 Å². The summed E-state index contributed by atoms with van der Waals surface area (Å²) in [4.78, 5) is 23.7. The van der Waals surface area contributed by atoms with Crippen molar-refractivity contribution in [2.24, 2.45) is 0 Å². The van der Waals surface area contributed by atoms with Crippen molar-refractivity contribution in [2.75, 3.05) is 19.0 Å². The number of hydrogen-bond donors (Lipinski definition) is 1. The Kier molecular flexibility index (Phi) is 4.84. The summed E-state index contributed by atoms with van der Waals surface area (Å²) in [6, 6.07) is 12.2. The molecule has 1 aliphatic rings. The molecule has 3 rings (SSSR count). The summed E-state index contributed by atoms with van der Waals surface area (Å²) in [5, 5.41) is 2.70. The van der Waals surface area contributed by atoms with E-state index < -0.39 is 5.97 Å². The summed E-state index contributed by atoms with van der Waals surface area (Å²) in [5.74, 6) is 0.448. The van der Waals surface area contributed by atoms with E-state index in [-0.39, 0.29) is 18.1 Å². The van der Waals surface area contributed by atoms with Crippen molar-refractivity contribution in [1.29, 1.82) is 0 Å². The van der Waals surface area contributed by atoms with Crippen LogP contribution in [-0.2, 0) is 16.0 Å². The summed E-state index contributed by atoms with van der Waals surface area (Å²) in [6.45, 7) is 3.86. The Morgan fingerprint density at radius 2 is 1.96 bits per heavy atom. The van der Waals surface area contributed by atoms with Gasteiger partial charge in [0, 0.05) is 17.7 Å². The number of methoxy groups -OCH3 is 1. The minimum absolute atomic E-state index is 0.164. The first kappa shape index (κ1) is 17.8. The third kappa shape index (κ3) is 3.96. The first-order chi connectivity index (χ1) is 12.4. The largest absolute Gasteiger partial charge is 0.483 e. The van der Waals surface area contributed by atoms with Crippen LogP contribution >= 0.6 is 0 Å². The first-order valence-electron chi connectivity index (χ1n) is 8.30. The number of para-hydroxylation sites is 1. The van der Waals surface area contributed by atoms with E-state index in [1.807, 2.05) is 26.0 Å². The van der Waals surface area contributed by atoms with Crippen molar-refractivity contribution in [3.05, 3.63) is 53.6 Å². The monoisotopic (exact) mass is 355 g/mol. The minimum atomic E-state index is -0.461. The van der Waals surface area contributed by atoms with Crippen LogP contribution in [0, 0.1) is 0 Å². The highest BCUT2D eigenvalue weighted by Gasteiger charge is 2.32. The van der Waals surface area contributed by atoms with E-state index >= 15 is 0 Å². The summed E-state index contributed by atoms with van der Waals surface area (Å²) < 4.78 is 16.2. The fourth-order valence-corrected chi connectivity index (χ4v) is 2.88. The van der Waals surface area contributed by atoms with Gasteiger partial charge < -0.3 is 19.5 Å². The molecular formula is C20H21NO5. The van der Waals surface area contributed by atoms with Crippen LogP contribution in [0.15, 0.2) is 42.5 Å². The zero-order chi connectivity index (χ0) is 18.7. The lowest BCUT2D eigenvalue weighted by Crippen LogP contribution is -2.25. The van der Waals surface area contributed by atoms with E-state index in [0.29, 0.717) is 22.7 Å². The Bertz CT molecular complexity index is 844. The highest BCUT2D eigenvalue weighted by Crippen LogP contribution is 2.41. The second-order valence-electron chi connectivity index (χ2n) is 6.69. The molecule has 0 unspecified atom stereocenters. The second kappa shape index (κ2) is 7.07. The van der Waals surface area contributed by atoms with Crippen LogP contribution in [-0.4, -0.2) is 31.2 Å². The fourth-order valence-electron chi connectivity index (χ4n) is 2.88. The average molecular weight is 355 g/mol. The van der Waals surface area contributed by atoms with Crippen LogP contribution in [0.2, 0.25) is 0 Å². The van der Waals surface area contributed by atoms with E-state index in [1.54, 1.807) is 30.3 Å². The number of carbonyl (C=O) groups is 2. The van der Waals surface area contributed by atoms with Crippen LogP contribution in [0.25, 0.3) is 0 Å². The lowest BCUT2D eigenvalue weighted by molar-refractivity contribution is -0.118. The second-order valence-corrected chi connectivity index (χ2v) is 6.69. The van der Waals surface area contributed by atoms with Crippen LogP contribution in [0.1, 0.15) is 29.8 Å². The molecular weight excluding hydrogens is 334 g/mol. The Morgan fingerprint density at radius 3 is 2.73 bits per heavy atom. The van der Waals surface area contributed by atoms with Gasteiger partial charge in [0.25, 0.3) is 5.91 Å². The van der Waals surface area contributed by atoms with Crippen molar-refractivity contribution in [2.45, 2.75) is 25.9 Å². The van der Waals surface area contributed by atoms with Crippen molar-refractivity contribution in [1.82, 2.24) is 0 Å². The molecule has 2 aromatic carbocycles. The fraction of sp³-hybridized carbons (Fsp3) is 0.300. The highest BCUT2D eigenvalue weighted by molar-refractivity contribution is 5.95. The number of fused-ring (bicyclic) bond motifs is 1. The first-order valence-corrected chi connectivity index (χ1v) is 8.30. The number of nitrogens with one attached hydrogen (secondary N) is 1. The van der Waals surface area contributed by atoms with Gasteiger partial charge in [0.1, 0.15) is 5.60 Å². The van der Waals surface area contributed by atoms with E-state index in [1.165, 1.54) is 7.11 Å². The molecule has 6 nitrogen and oxygen atoms in total. The summed E-state index contributed by atoms with van der Waals surface area (Å²) in [6.07, 6.45) is 0.798. The standard InChI is InChI=1S/C20H21NO5/c1-20(2)11-14-7-5-9-16(18(14)26-20)25-12-17(22)21-15-8-4-6-13(10-15)19(23)24-3/h4-10H,11-12H2,1-3H3,(H,21,22). The van der Waals surface area contributed by atoms with Gasteiger partial charge in [0.05, 0.1) is 12.7 Å². The Labute approximate surface area is 152 Å². The SMILES string of the molecule is COC(=O)c1cccc(NC(=O)COc2cccc3c2OC(C)(C)C3)c1. The quantitative estimate of drug-likeness (QED) is 0.834. The Balaban J connectivity index is 1.63. The van der Waals surface area contributed by atoms with Gasteiger partial charge in [0.15, 0.2) is 18.1 Å². The van der Waals surface area contributed by atoms with Crippen molar-refractivity contribution < 1.29 is 23.8 Å². The van der Waals surface area contributed by atoms with Gasteiger partial charge >= 0.3 is 5.97 Å². The van der Waals surface area contributed by atoms with Crippen molar-refractivity contribution in [3.63, 3.8) is 0 Å². The minimum Gasteiger partial charge on any atom is -0.483 e. The Morgan fingerprint density at radius 1 is 1.19 bits per heavy atom. The van der Waals surface area contributed by atoms with E-state index in [2.05, 4.69) is 10.1 Å². The van der Waals surface area contributed by atoms with Gasteiger partial charge in [-0.1, -0.05) is 18.2 Å². The van der Waals surface area contributed by atoms with Crippen LogP contribution in [0.4, 0.5) is 5.69 Å². The number of amides is 1. The predicted molar refractivity (Wildman–Crippen MR) is 96.8 cm³/mol. The molecule has 0 radical (unpaired) electrons. The third-order valence-corrected chi connectivity index (χ3v) is 3.98. The number of esters is 1. The molecule has 0 fully saturated rings. The number of hydrogen-bond acceptors (Lipinski definition) is 5. The van der Waals surface area contributed by atoms with Crippen LogP contribution in [0.5, 0.6) is 11.5 Å². The molecule has 0 saturated carbocycles. The normalized spacial score (nSPS) is 14.1. The van der Waals surface area contributed by atoms with Gasteiger partial charge in [-0.15, -0.1) is 0 Å². The number of ether oxygens (including phenoxy) is 3. The van der Waals surface area contributed by atoms with Gasteiger partial charge in [-0.25, -0.2) is 4.79 Å². The van der Waals surface area contributed by atoms with Gasteiger partial charge in [-0.2, -0.15) is 0 Å². The molecule has 1 heterocycles. The molecule has 0 spiro atoms. The maximum atomic E-state index is 12.2. The zero-order valence-electron chi connectivity index (χ0n) is 15.0. The predicted octanol–water partition coefficient (Wildman–Crippen LogP) is 3.20. The summed E-state index contributed by atoms with van der Waals surface area (Å²) in [5.41, 5.74) is 1.65. The summed E-state index contributed by atoms with van der Waals surface area (Å²) >= 11 is 0. The molecule has 0 saturated heterocycles. The molecule has 136 valence electrons. The highest BCUT2D eigenvalue weighted by atomic mass is 16.5. The molecule has 1 N–H and O–H groups in total. The number of benzene rings is 2. The number of carbonyl (C=O) groups excluding carboxylic acids is 2. The topological polar surface area (TPSA) is 73.9 Å². The lowest BCUT2D eigenvalue weighted by Gasteiger charge is -2.18. The maximum absolute atomic E-state index is 12.2. The third-order valence-electron chi connectivity index (χ3n) is 3.98. The van der Waals surface area contributed by atoms with Crippen molar-refractivity contribution in [3.8, 4) is 11.5 Å². The van der Waals surface area contributed by atoms with Crippen molar-refractivity contribution >= 4 is 17.6 Å². The van der Waals surface area contributed by atoms with Gasteiger partial charge in [-0.3, -0.25) is 4.79 Å². The summed E-state index contributed by atoms with van der Waals surface area (Å²) in [7, 11) is 1.31. The number of anilines is 1. The van der Waals surface area contributed by atoms with Gasteiger partial charge in [-0.05, 0) is 38.1 Å². The van der Waals surface area contributed by atoms with Gasteiger partial charge in [0.2, 0.25) is 0 Å². The Hall–Kier alpha value is -3.02. The molecule has 2 aromatic rings. The van der Waals surface area contributed by atoms with Crippen LogP contribution in [0.3, 0.4) is 0 Å². The molecule has 1 aliphatic heterocycles. The molecule has 0 aliphatic carbocycles. The average Bonchev–Trinajstić information content (AvgIpc) is 2.93. The zero-order valence-corrected chi connectivity index (χ0v) is 15.0. The molecule has 1 amide bonds. The smallest absolute Gasteiger partial charge is 0.337 e. The molecule has 26 heavy (non-hydrogen) atoms. The molecule has 6 heteroatoms. The maximum Gasteiger partial charge on any atom is 0.337 e. The van der Waals surface area contributed by atoms with E-state index in [9.17, 15) is 9.59 Å². The molecule has 0 aromatic heterocycles. The molecule has 0 atom stereocenters. The lowest BCUT2D eigenvalue weighted by atomic mass is 10.0. The molecule has 0 bridgehead atoms. The number of rotatable bonds is 5. The van der Waals surface area contributed by atoms with E-state index in [0.717, 1.165) is 12.0 Å².